The molecule has 1 aliphatic rings. The lowest BCUT2D eigenvalue weighted by Crippen LogP contribution is -2.34. The van der Waals surface area contributed by atoms with E-state index in [0.717, 1.165) is 10.4 Å². The molecule has 6 nitrogen and oxygen atoms in total. The number of aromatic nitrogens is 1. The Labute approximate surface area is 148 Å². The molecule has 0 bridgehead atoms. The number of hydrogen-bond donors (Lipinski definition) is 1. The molecule has 1 N–H and O–H groups in total. The molecular weight excluding hydrogens is 348 g/mol. The van der Waals surface area contributed by atoms with Crippen LogP contribution in [0.15, 0.2) is 35.6 Å². The van der Waals surface area contributed by atoms with Crippen LogP contribution in [-0.4, -0.2) is 34.6 Å². The Balaban J connectivity index is 1.65. The lowest BCUT2D eigenvalue weighted by atomic mass is 10.1. The van der Waals surface area contributed by atoms with Crippen LogP contribution in [0.25, 0.3) is 0 Å². The first kappa shape index (κ1) is 16.6. The van der Waals surface area contributed by atoms with Gasteiger partial charge in [-0.15, -0.1) is 11.3 Å². The molecule has 0 spiro atoms. The normalized spacial score (nSPS) is 14.5. The molecule has 0 atom stereocenters. The molecule has 0 fully saturated rings. The Bertz CT molecular complexity index is 818. The average Bonchev–Trinajstić information content (AvgIpc) is 2.97. The Morgan fingerprint density at radius 1 is 1.42 bits per heavy atom. The van der Waals surface area contributed by atoms with E-state index in [4.69, 9.17) is 11.6 Å². The van der Waals surface area contributed by atoms with Crippen LogP contribution in [0.1, 0.15) is 23.3 Å². The van der Waals surface area contributed by atoms with Crippen LogP contribution in [0, 0.1) is 0 Å². The average molecular weight is 363 g/mol. The van der Waals surface area contributed by atoms with E-state index in [1.54, 1.807) is 13.2 Å². The quantitative estimate of drug-likeness (QED) is 0.908. The lowest BCUT2D eigenvalue weighted by Gasteiger charge is -2.18. The van der Waals surface area contributed by atoms with Gasteiger partial charge >= 0.3 is 0 Å². The van der Waals surface area contributed by atoms with E-state index in [1.807, 2.05) is 24.3 Å². The van der Waals surface area contributed by atoms with Crippen molar-refractivity contribution in [3.05, 3.63) is 45.9 Å². The molecule has 0 aliphatic carbocycles. The van der Waals surface area contributed by atoms with Gasteiger partial charge in [0.1, 0.15) is 5.71 Å². The number of nitrogens with one attached hydrogen (secondary N) is 1. The molecule has 2 amide bonds. The maximum atomic E-state index is 12.2. The SMILES string of the molecule is CN1N=C(C(=O)Nc2ncc(Cc3cccc(Cl)c3)s2)CCC1=O. The van der Waals surface area contributed by atoms with Gasteiger partial charge in [0.05, 0.1) is 0 Å². The van der Waals surface area contributed by atoms with Gasteiger partial charge in [-0.1, -0.05) is 23.7 Å². The van der Waals surface area contributed by atoms with E-state index >= 15 is 0 Å². The van der Waals surface area contributed by atoms with E-state index in [-0.39, 0.29) is 11.8 Å². The number of carbonyl (C=O) groups is 2. The Morgan fingerprint density at radius 3 is 3.00 bits per heavy atom. The van der Waals surface area contributed by atoms with Gasteiger partial charge < -0.3 is 0 Å². The van der Waals surface area contributed by atoms with Crippen molar-refractivity contribution in [1.29, 1.82) is 0 Å². The van der Waals surface area contributed by atoms with Crippen LogP contribution in [0.4, 0.5) is 5.13 Å². The number of nitrogens with zero attached hydrogens (tertiary/aromatic N) is 3. The highest BCUT2D eigenvalue weighted by Gasteiger charge is 2.22. The molecule has 0 unspecified atom stereocenters. The van der Waals surface area contributed by atoms with E-state index < -0.39 is 0 Å². The minimum Gasteiger partial charge on any atom is -0.297 e. The lowest BCUT2D eigenvalue weighted by molar-refractivity contribution is -0.130. The van der Waals surface area contributed by atoms with Crippen LogP contribution < -0.4 is 5.32 Å². The largest absolute Gasteiger partial charge is 0.297 e. The summed E-state index contributed by atoms with van der Waals surface area (Å²) in [5.74, 6) is -0.414. The zero-order chi connectivity index (χ0) is 17.1. The minimum atomic E-state index is -0.321. The van der Waals surface area contributed by atoms with Crippen LogP contribution in [0.2, 0.25) is 5.02 Å². The Kier molecular flexibility index (Phi) is 4.92. The van der Waals surface area contributed by atoms with E-state index in [0.29, 0.717) is 35.1 Å². The van der Waals surface area contributed by atoms with Crippen molar-refractivity contribution in [3.63, 3.8) is 0 Å². The summed E-state index contributed by atoms with van der Waals surface area (Å²) >= 11 is 7.39. The molecule has 0 saturated heterocycles. The molecule has 2 heterocycles. The number of halogens is 1. The maximum absolute atomic E-state index is 12.2. The predicted octanol–water partition coefficient (Wildman–Crippen LogP) is 2.93. The fraction of sp³-hybridized carbons (Fsp3) is 0.250. The number of rotatable bonds is 4. The molecule has 0 saturated carbocycles. The van der Waals surface area contributed by atoms with E-state index in [9.17, 15) is 9.59 Å². The van der Waals surface area contributed by atoms with Gasteiger partial charge in [-0.3, -0.25) is 14.9 Å². The van der Waals surface area contributed by atoms with Gasteiger partial charge in [0.2, 0.25) is 5.91 Å². The van der Waals surface area contributed by atoms with Gasteiger partial charge in [0.15, 0.2) is 5.13 Å². The number of benzene rings is 1. The molecule has 1 aliphatic heterocycles. The number of hydrazone groups is 1. The van der Waals surface area contributed by atoms with Gasteiger partial charge in [-0.2, -0.15) is 5.10 Å². The Morgan fingerprint density at radius 2 is 2.25 bits per heavy atom. The fourth-order valence-corrected chi connectivity index (χ4v) is 3.35. The molecule has 1 aromatic carbocycles. The van der Waals surface area contributed by atoms with Crippen molar-refractivity contribution in [2.75, 3.05) is 12.4 Å². The zero-order valence-corrected chi connectivity index (χ0v) is 14.5. The summed E-state index contributed by atoms with van der Waals surface area (Å²) in [6.07, 6.45) is 3.07. The standard InChI is InChI=1S/C16H15ClN4O2S/c1-21-14(22)6-5-13(20-21)15(23)19-16-18-9-12(24-16)8-10-3-2-4-11(17)7-10/h2-4,7,9H,5-6,8H2,1H3,(H,18,19,23). The van der Waals surface area contributed by atoms with Crippen molar-refractivity contribution in [1.82, 2.24) is 9.99 Å². The van der Waals surface area contributed by atoms with Gasteiger partial charge in [-0.25, -0.2) is 9.99 Å². The monoisotopic (exact) mass is 362 g/mol. The summed E-state index contributed by atoms with van der Waals surface area (Å²) < 4.78 is 0. The van der Waals surface area contributed by atoms with Crippen molar-refractivity contribution in [3.8, 4) is 0 Å². The fourth-order valence-electron chi connectivity index (χ4n) is 2.30. The van der Waals surface area contributed by atoms with Gasteiger partial charge in [-0.05, 0) is 17.7 Å². The summed E-state index contributed by atoms with van der Waals surface area (Å²) in [6, 6.07) is 7.63. The molecule has 2 aromatic rings. The molecule has 1 aromatic heterocycles. The third-order valence-electron chi connectivity index (χ3n) is 3.51. The number of carbonyl (C=O) groups excluding carboxylic acids is 2. The summed E-state index contributed by atoms with van der Waals surface area (Å²) in [5, 5.41) is 9.14. The predicted molar refractivity (Wildman–Crippen MR) is 94.4 cm³/mol. The summed E-state index contributed by atoms with van der Waals surface area (Å²) in [4.78, 5) is 28.8. The maximum Gasteiger partial charge on any atom is 0.273 e. The summed E-state index contributed by atoms with van der Waals surface area (Å²) in [6.45, 7) is 0. The highest BCUT2D eigenvalue weighted by Crippen LogP contribution is 2.22. The third kappa shape index (κ3) is 3.98. The number of anilines is 1. The van der Waals surface area contributed by atoms with Crippen molar-refractivity contribution in [2.45, 2.75) is 19.3 Å². The van der Waals surface area contributed by atoms with Crippen molar-refractivity contribution >= 4 is 45.6 Å². The molecule has 24 heavy (non-hydrogen) atoms. The second-order valence-corrected chi connectivity index (χ2v) is 6.91. The molecule has 8 heteroatoms. The summed E-state index contributed by atoms with van der Waals surface area (Å²) in [7, 11) is 1.54. The van der Waals surface area contributed by atoms with Crippen LogP contribution in [0.5, 0.6) is 0 Å². The second kappa shape index (κ2) is 7.11. The highest BCUT2D eigenvalue weighted by atomic mass is 35.5. The molecule has 3 rings (SSSR count). The molecular formula is C16H15ClN4O2S. The van der Waals surface area contributed by atoms with Crippen LogP contribution in [0.3, 0.4) is 0 Å². The van der Waals surface area contributed by atoms with E-state index in [1.165, 1.54) is 16.3 Å². The second-order valence-electron chi connectivity index (χ2n) is 5.36. The Hall–Kier alpha value is -2.25. The highest BCUT2D eigenvalue weighted by molar-refractivity contribution is 7.15. The van der Waals surface area contributed by atoms with Crippen LogP contribution in [-0.2, 0) is 16.0 Å². The van der Waals surface area contributed by atoms with E-state index in [2.05, 4.69) is 15.4 Å². The minimum absolute atomic E-state index is 0.0930. The van der Waals surface area contributed by atoms with Crippen molar-refractivity contribution < 1.29 is 9.59 Å². The first-order valence-electron chi connectivity index (χ1n) is 7.36. The smallest absolute Gasteiger partial charge is 0.273 e. The van der Waals surface area contributed by atoms with Crippen LogP contribution >= 0.6 is 22.9 Å². The number of hydrogen-bond acceptors (Lipinski definition) is 5. The number of amides is 2. The zero-order valence-electron chi connectivity index (χ0n) is 13.0. The summed E-state index contributed by atoms with van der Waals surface area (Å²) in [5.41, 5.74) is 1.42. The first-order chi connectivity index (χ1) is 11.5. The van der Waals surface area contributed by atoms with Crippen molar-refractivity contribution in [2.24, 2.45) is 5.10 Å². The first-order valence-corrected chi connectivity index (χ1v) is 8.55. The molecule has 124 valence electrons. The molecule has 0 radical (unpaired) electrons. The van der Waals surface area contributed by atoms with Gasteiger partial charge in [0.25, 0.3) is 5.91 Å². The number of thiazole rings is 1. The van der Waals surface area contributed by atoms with Gasteiger partial charge in [0, 0.05) is 42.4 Å². The topological polar surface area (TPSA) is 74.7 Å². The third-order valence-corrected chi connectivity index (χ3v) is 4.66.